The monoisotopic (exact) mass is 364 g/mol. The first kappa shape index (κ1) is 18.7. The van der Waals surface area contributed by atoms with Gasteiger partial charge in [-0.2, -0.15) is 0 Å². The third-order valence-electron chi connectivity index (χ3n) is 3.40. The Morgan fingerprint density at radius 2 is 1.80 bits per heavy atom. The van der Waals surface area contributed by atoms with Crippen LogP contribution < -0.4 is 15.6 Å². The van der Waals surface area contributed by atoms with Crippen LogP contribution in [0.3, 0.4) is 0 Å². The second kappa shape index (κ2) is 9.03. The molecule has 2 rings (SSSR count). The van der Waals surface area contributed by atoms with E-state index in [0.717, 1.165) is 5.56 Å². The van der Waals surface area contributed by atoms with Crippen LogP contribution in [-0.4, -0.2) is 17.9 Å². The van der Waals surface area contributed by atoms with E-state index in [0.29, 0.717) is 17.2 Å². The highest BCUT2D eigenvalue weighted by molar-refractivity contribution is 6.31. The first-order valence-electron chi connectivity index (χ1n) is 7.70. The lowest BCUT2D eigenvalue weighted by Crippen LogP contribution is -2.47. The van der Waals surface area contributed by atoms with E-state index in [2.05, 4.69) is 10.9 Å². The van der Waals surface area contributed by atoms with E-state index in [1.54, 1.807) is 6.07 Å². The van der Waals surface area contributed by atoms with E-state index in [9.17, 15) is 14.0 Å². The molecule has 0 fully saturated rings. The Balaban J connectivity index is 1.74. The minimum Gasteiger partial charge on any atom is -0.481 e. The zero-order valence-corrected chi connectivity index (χ0v) is 14.3. The van der Waals surface area contributed by atoms with Gasteiger partial charge in [-0.3, -0.25) is 20.4 Å². The third-order valence-corrected chi connectivity index (χ3v) is 3.77. The van der Waals surface area contributed by atoms with Gasteiger partial charge < -0.3 is 4.74 Å². The van der Waals surface area contributed by atoms with Gasteiger partial charge in [0, 0.05) is 11.4 Å². The number of carbonyl (C=O) groups excluding carboxylic acids is 2. The van der Waals surface area contributed by atoms with E-state index in [-0.39, 0.29) is 12.3 Å². The predicted molar refractivity (Wildman–Crippen MR) is 92.5 cm³/mol. The summed E-state index contributed by atoms with van der Waals surface area (Å²) in [5.41, 5.74) is 5.48. The molecule has 0 spiro atoms. The molecule has 2 amide bonds. The Morgan fingerprint density at radius 3 is 2.48 bits per heavy atom. The van der Waals surface area contributed by atoms with Gasteiger partial charge in [0.25, 0.3) is 5.91 Å². The molecule has 0 heterocycles. The summed E-state index contributed by atoms with van der Waals surface area (Å²) in [6.07, 6.45) is -0.213. The first-order chi connectivity index (χ1) is 12.0. The Kier molecular flexibility index (Phi) is 6.77. The van der Waals surface area contributed by atoms with Crippen LogP contribution in [0.5, 0.6) is 5.75 Å². The highest BCUT2D eigenvalue weighted by atomic mass is 35.5. The number of hydrogen-bond acceptors (Lipinski definition) is 3. The van der Waals surface area contributed by atoms with E-state index >= 15 is 0 Å². The number of hydrazine groups is 1. The summed E-state index contributed by atoms with van der Waals surface area (Å²) in [4.78, 5) is 23.7. The van der Waals surface area contributed by atoms with Gasteiger partial charge in [-0.15, -0.1) is 0 Å². The normalized spacial score (nSPS) is 11.5. The number of benzene rings is 2. The number of ether oxygens (including phenoxy) is 1. The number of carbonyl (C=O) groups is 2. The molecular formula is C18H18ClFN2O3. The molecule has 2 aromatic rings. The van der Waals surface area contributed by atoms with Crippen molar-refractivity contribution in [2.45, 2.75) is 25.9 Å². The molecule has 5 nitrogen and oxygen atoms in total. The second-order valence-corrected chi connectivity index (χ2v) is 5.75. The highest BCUT2D eigenvalue weighted by Gasteiger charge is 2.15. The number of rotatable bonds is 6. The van der Waals surface area contributed by atoms with Gasteiger partial charge in [-0.05, 0) is 49.2 Å². The van der Waals surface area contributed by atoms with Crippen LogP contribution in [0.2, 0.25) is 5.02 Å². The average Bonchev–Trinajstić information content (AvgIpc) is 2.60. The maximum absolute atomic E-state index is 12.8. The molecule has 7 heteroatoms. The summed E-state index contributed by atoms with van der Waals surface area (Å²) >= 11 is 6.02. The molecular weight excluding hydrogens is 347 g/mol. The molecule has 0 aliphatic carbocycles. The van der Waals surface area contributed by atoms with Crippen molar-refractivity contribution in [1.82, 2.24) is 10.9 Å². The largest absolute Gasteiger partial charge is 0.481 e. The molecule has 0 saturated heterocycles. The van der Waals surface area contributed by atoms with E-state index < -0.39 is 17.8 Å². The highest BCUT2D eigenvalue weighted by Crippen LogP contribution is 2.16. The van der Waals surface area contributed by atoms with Crippen molar-refractivity contribution in [2.24, 2.45) is 0 Å². The topological polar surface area (TPSA) is 67.4 Å². The van der Waals surface area contributed by atoms with Crippen LogP contribution in [-0.2, 0) is 16.0 Å². The molecule has 0 saturated carbocycles. The average molecular weight is 365 g/mol. The summed E-state index contributed by atoms with van der Waals surface area (Å²) in [6.45, 7) is 1.52. The van der Waals surface area contributed by atoms with Crippen molar-refractivity contribution in [2.75, 3.05) is 0 Å². The van der Waals surface area contributed by atoms with Crippen molar-refractivity contribution >= 4 is 23.4 Å². The predicted octanol–water partition coefficient (Wildman–Crippen LogP) is 3.03. The fraction of sp³-hybridized carbons (Fsp3) is 0.222. The minimum absolute atomic E-state index is 0.178. The van der Waals surface area contributed by atoms with Crippen LogP contribution in [0.1, 0.15) is 18.9 Å². The lowest BCUT2D eigenvalue weighted by molar-refractivity contribution is -0.132. The Labute approximate surface area is 150 Å². The first-order valence-corrected chi connectivity index (χ1v) is 8.08. The van der Waals surface area contributed by atoms with Crippen LogP contribution in [0, 0.1) is 5.82 Å². The van der Waals surface area contributed by atoms with Crippen LogP contribution >= 0.6 is 11.6 Å². The summed E-state index contributed by atoms with van der Waals surface area (Å²) in [5.74, 6) is -0.901. The minimum atomic E-state index is -0.852. The third kappa shape index (κ3) is 6.08. The standard InChI is InChI=1S/C18H18ClFN2O3/c1-12(25-15-9-7-14(20)8-10-15)18(24)22-21-17(23)11-6-13-4-2-3-5-16(13)19/h2-5,7-10,12H,6,11H2,1H3,(H,21,23)(H,22,24). The summed E-state index contributed by atoms with van der Waals surface area (Å²) in [6, 6.07) is 12.6. The summed E-state index contributed by atoms with van der Waals surface area (Å²) in [7, 11) is 0. The van der Waals surface area contributed by atoms with Crippen LogP contribution in [0.25, 0.3) is 0 Å². The fourth-order valence-electron chi connectivity index (χ4n) is 2.02. The van der Waals surface area contributed by atoms with Crippen molar-refractivity contribution in [3.63, 3.8) is 0 Å². The Bertz CT molecular complexity index is 737. The number of halogens is 2. The lowest BCUT2D eigenvalue weighted by Gasteiger charge is -2.15. The van der Waals surface area contributed by atoms with Gasteiger partial charge in [0.15, 0.2) is 6.10 Å². The van der Waals surface area contributed by atoms with Crippen molar-refractivity contribution in [3.8, 4) is 5.75 Å². The number of nitrogens with one attached hydrogen (secondary N) is 2. The maximum Gasteiger partial charge on any atom is 0.279 e. The Morgan fingerprint density at radius 1 is 1.12 bits per heavy atom. The molecule has 1 unspecified atom stereocenters. The van der Waals surface area contributed by atoms with Crippen molar-refractivity contribution < 1.29 is 18.7 Å². The molecule has 2 N–H and O–H groups in total. The summed E-state index contributed by atoms with van der Waals surface area (Å²) in [5, 5.41) is 0.598. The van der Waals surface area contributed by atoms with Crippen LogP contribution in [0.15, 0.2) is 48.5 Å². The van der Waals surface area contributed by atoms with Gasteiger partial charge in [-0.25, -0.2) is 4.39 Å². The van der Waals surface area contributed by atoms with Gasteiger partial charge in [0.1, 0.15) is 11.6 Å². The molecule has 0 bridgehead atoms. The molecule has 2 aromatic carbocycles. The van der Waals surface area contributed by atoms with E-state index in [1.165, 1.54) is 31.2 Å². The van der Waals surface area contributed by atoms with Crippen molar-refractivity contribution in [1.29, 1.82) is 0 Å². The van der Waals surface area contributed by atoms with Gasteiger partial charge in [0.05, 0.1) is 0 Å². The molecule has 0 radical (unpaired) electrons. The second-order valence-electron chi connectivity index (χ2n) is 5.34. The SMILES string of the molecule is CC(Oc1ccc(F)cc1)C(=O)NNC(=O)CCc1ccccc1Cl. The zero-order chi connectivity index (χ0) is 18.2. The molecule has 0 aliphatic heterocycles. The Hall–Kier alpha value is -2.60. The zero-order valence-electron chi connectivity index (χ0n) is 13.6. The number of hydrogen-bond donors (Lipinski definition) is 2. The van der Waals surface area contributed by atoms with E-state index in [1.807, 2.05) is 18.2 Å². The van der Waals surface area contributed by atoms with E-state index in [4.69, 9.17) is 16.3 Å². The van der Waals surface area contributed by atoms with Crippen molar-refractivity contribution in [3.05, 3.63) is 64.9 Å². The maximum atomic E-state index is 12.8. The van der Waals surface area contributed by atoms with Gasteiger partial charge in [0.2, 0.25) is 5.91 Å². The number of amides is 2. The quantitative estimate of drug-likeness (QED) is 0.774. The molecule has 1 atom stereocenters. The summed E-state index contributed by atoms with van der Waals surface area (Å²) < 4.78 is 18.2. The smallest absolute Gasteiger partial charge is 0.279 e. The molecule has 0 aliphatic rings. The fourth-order valence-corrected chi connectivity index (χ4v) is 2.25. The van der Waals surface area contributed by atoms with Gasteiger partial charge in [-0.1, -0.05) is 29.8 Å². The van der Waals surface area contributed by atoms with Crippen LogP contribution in [0.4, 0.5) is 4.39 Å². The molecule has 0 aromatic heterocycles. The number of aryl methyl sites for hydroxylation is 1. The van der Waals surface area contributed by atoms with Gasteiger partial charge >= 0.3 is 0 Å². The molecule has 132 valence electrons. The lowest BCUT2D eigenvalue weighted by atomic mass is 10.1. The molecule has 25 heavy (non-hydrogen) atoms.